The van der Waals surface area contributed by atoms with Gasteiger partial charge < -0.3 is 9.88 Å². The molecule has 1 aliphatic rings. The second-order valence-corrected chi connectivity index (χ2v) is 4.56. The van der Waals surface area contributed by atoms with Gasteiger partial charge in [-0.05, 0) is 33.4 Å². The van der Waals surface area contributed by atoms with Crippen LogP contribution >= 0.6 is 0 Å². The highest BCUT2D eigenvalue weighted by Crippen LogP contribution is 2.23. The highest BCUT2D eigenvalue weighted by Gasteiger charge is 2.19. The Morgan fingerprint density at radius 1 is 1.47 bits per heavy atom. The number of rotatable bonds is 1. The molecule has 15 heavy (non-hydrogen) atoms. The molecule has 1 aromatic heterocycles. The van der Waals surface area contributed by atoms with E-state index in [0.717, 1.165) is 17.9 Å². The zero-order valence-corrected chi connectivity index (χ0v) is 9.42. The van der Waals surface area contributed by atoms with Crippen molar-refractivity contribution in [1.82, 2.24) is 9.88 Å². The second-order valence-electron chi connectivity index (χ2n) is 4.56. The Kier molecular flexibility index (Phi) is 2.91. The smallest absolute Gasteiger partial charge is 0.182 e. The third-order valence-corrected chi connectivity index (χ3v) is 3.06. The number of pyridine rings is 1. The Morgan fingerprint density at radius 2 is 2.27 bits per heavy atom. The quantitative estimate of drug-likeness (QED) is 0.755. The van der Waals surface area contributed by atoms with E-state index in [1.807, 2.05) is 6.92 Å². The molecule has 1 atom stereocenters. The summed E-state index contributed by atoms with van der Waals surface area (Å²) in [5.74, 6) is 0.497. The number of aryl methyl sites for hydroxylation is 1. The van der Waals surface area contributed by atoms with E-state index in [0.29, 0.717) is 5.92 Å². The monoisotopic (exact) mass is 206 g/mol. The van der Waals surface area contributed by atoms with E-state index >= 15 is 0 Å². The average Bonchev–Trinajstić information content (AvgIpc) is 2.16. The number of piperidine rings is 1. The number of hydrogen-bond acceptors (Lipinski definition) is 2. The van der Waals surface area contributed by atoms with Crippen molar-refractivity contribution in [1.29, 1.82) is 0 Å². The normalized spacial score (nSPS) is 22.9. The minimum atomic E-state index is 0.120. The van der Waals surface area contributed by atoms with Crippen molar-refractivity contribution in [3.8, 4) is 0 Å². The first-order chi connectivity index (χ1) is 7.15. The van der Waals surface area contributed by atoms with Gasteiger partial charge in [-0.2, -0.15) is 0 Å². The summed E-state index contributed by atoms with van der Waals surface area (Å²) in [5.41, 5.74) is 2.19. The number of aromatic amines is 1. The largest absolute Gasteiger partial charge is 0.362 e. The lowest BCUT2D eigenvalue weighted by molar-refractivity contribution is 0.248. The van der Waals surface area contributed by atoms with Crippen LogP contribution in [0.15, 0.2) is 16.9 Å². The van der Waals surface area contributed by atoms with Crippen molar-refractivity contribution in [2.45, 2.75) is 25.7 Å². The van der Waals surface area contributed by atoms with Gasteiger partial charge in [-0.15, -0.1) is 0 Å². The maximum absolute atomic E-state index is 11.4. The van der Waals surface area contributed by atoms with Gasteiger partial charge in [0.15, 0.2) is 5.43 Å². The minimum absolute atomic E-state index is 0.120. The van der Waals surface area contributed by atoms with E-state index in [-0.39, 0.29) is 5.43 Å². The van der Waals surface area contributed by atoms with Crippen LogP contribution in [0.3, 0.4) is 0 Å². The molecule has 0 radical (unpaired) electrons. The van der Waals surface area contributed by atoms with Crippen LogP contribution in [0.1, 0.15) is 30.1 Å². The maximum Gasteiger partial charge on any atom is 0.182 e. The number of nitrogens with one attached hydrogen (secondary N) is 1. The van der Waals surface area contributed by atoms with Gasteiger partial charge in [0, 0.05) is 36.0 Å². The minimum Gasteiger partial charge on any atom is -0.362 e. The maximum atomic E-state index is 11.4. The molecule has 0 spiro atoms. The number of H-pyrrole nitrogens is 1. The van der Waals surface area contributed by atoms with Crippen LogP contribution in [0.2, 0.25) is 0 Å². The number of nitrogens with zero attached hydrogens (tertiary/aromatic N) is 1. The zero-order valence-electron chi connectivity index (χ0n) is 9.42. The van der Waals surface area contributed by atoms with Gasteiger partial charge in [0.05, 0.1) is 0 Å². The molecule has 1 N–H and O–H groups in total. The molecule has 1 aliphatic heterocycles. The van der Waals surface area contributed by atoms with E-state index in [2.05, 4.69) is 16.9 Å². The van der Waals surface area contributed by atoms with Gasteiger partial charge in [-0.3, -0.25) is 4.79 Å². The molecule has 1 aromatic rings. The first kappa shape index (κ1) is 10.4. The number of likely N-dealkylation sites (tertiary alicyclic amines) is 1. The third-order valence-electron chi connectivity index (χ3n) is 3.06. The molecule has 2 rings (SSSR count). The number of likely N-dealkylation sites (N-methyl/N-ethyl adjacent to an activating group) is 1. The third kappa shape index (κ3) is 2.48. The van der Waals surface area contributed by atoms with Gasteiger partial charge in [0.25, 0.3) is 0 Å². The Hall–Kier alpha value is -1.09. The van der Waals surface area contributed by atoms with Crippen molar-refractivity contribution in [3.05, 3.63) is 33.7 Å². The molecule has 0 bridgehead atoms. The van der Waals surface area contributed by atoms with Gasteiger partial charge in [0.2, 0.25) is 0 Å². The summed E-state index contributed by atoms with van der Waals surface area (Å²) >= 11 is 0. The van der Waals surface area contributed by atoms with E-state index in [1.165, 1.54) is 19.4 Å². The number of aromatic nitrogens is 1. The fourth-order valence-corrected chi connectivity index (χ4v) is 2.35. The van der Waals surface area contributed by atoms with Crippen LogP contribution in [-0.4, -0.2) is 30.0 Å². The lowest BCUT2D eigenvalue weighted by Gasteiger charge is -2.29. The fraction of sp³-hybridized carbons (Fsp3) is 0.583. The molecule has 1 fully saturated rings. The van der Waals surface area contributed by atoms with Gasteiger partial charge in [0.1, 0.15) is 0 Å². The molecule has 0 saturated carbocycles. The molecule has 3 heteroatoms. The van der Waals surface area contributed by atoms with Crippen LogP contribution in [0.4, 0.5) is 0 Å². The zero-order chi connectivity index (χ0) is 10.8. The van der Waals surface area contributed by atoms with E-state index in [1.54, 1.807) is 12.1 Å². The summed E-state index contributed by atoms with van der Waals surface area (Å²) < 4.78 is 0. The second kappa shape index (κ2) is 4.19. The van der Waals surface area contributed by atoms with Crippen LogP contribution < -0.4 is 5.43 Å². The molecular weight excluding hydrogens is 188 g/mol. The van der Waals surface area contributed by atoms with Gasteiger partial charge in [-0.1, -0.05) is 0 Å². The Bertz CT molecular complexity index is 397. The summed E-state index contributed by atoms with van der Waals surface area (Å²) in [6.45, 7) is 4.17. The van der Waals surface area contributed by atoms with Crippen molar-refractivity contribution < 1.29 is 0 Å². The summed E-state index contributed by atoms with van der Waals surface area (Å²) in [6.07, 6.45) is 2.40. The summed E-state index contributed by atoms with van der Waals surface area (Å²) in [4.78, 5) is 17.0. The van der Waals surface area contributed by atoms with Gasteiger partial charge >= 0.3 is 0 Å². The van der Waals surface area contributed by atoms with Crippen LogP contribution in [-0.2, 0) is 0 Å². The predicted molar refractivity (Wildman–Crippen MR) is 61.3 cm³/mol. The first-order valence-corrected chi connectivity index (χ1v) is 5.54. The first-order valence-electron chi connectivity index (χ1n) is 5.54. The van der Waals surface area contributed by atoms with E-state index < -0.39 is 0 Å². The SMILES string of the molecule is Cc1cc(=O)cc(C2CCCN(C)C2)[nH]1. The Labute approximate surface area is 90.1 Å². The molecule has 3 nitrogen and oxygen atoms in total. The van der Waals surface area contributed by atoms with E-state index in [9.17, 15) is 4.79 Å². The van der Waals surface area contributed by atoms with Crippen LogP contribution in [0.5, 0.6) is 0 Å². The van der Waals surface area contributed by atoms with E-state index in [4.69, 9.17) is 0 Å². The summed E-state index contributed by atoms with van der Waals surface area (Å²) in [6, 6.07) is 3.40. The molecular formula is C12H18N2O. The molecule has 0 aliphatic carbocycles. The Balaban J connectivity index is 2.24. The molecule has 0 amide bonds. The van der Waals surface area contributed by atoms with Crippen molar-refractivity contribution in [2.24, 2.45) is 0 Å². The predicted octanol–water partition coefficient (Wildman–Crippen LogP) is 1.49. The lowest BCUT2D eigenvalue weighted by Crippen LogP contribution is -2.31. The molecule has 2 heterocycles. The molecule has 82 valence electrons. The Morgan fingerprint density at radius 3 is 2.93 bits per heavy atom. The molecule has 1 saturated heterocycles. The lowest BCUT2D eigenvalue weighted by atomic mass is 9.94. The topological polar surface area (TPSA) is 36.1 Å². The standard InChI is InChI=1S/C12H18N2O/c1-9-6-11(15)7-12(13-9)10-4-3-5-14(2)8-10/h6-7,10H,3-5,8H2,1-2H3,(H,13,15). The van der Waals surface area contributed by atoms with Crippen LogP contribution in [0, 0.1) is 6.92 Å². The summed E-state index contributed by atoms with van der Waals surface area (Å²) in [5, 5.41) is 0. The van der Waals surface area contributed by atoms with Crippen molar-refractivity contribution in [3.63, 3.8) is 0 Å². The van der Waals surface area contributed by atoms with Gasteiger partial charge in [-0.25, -0.2) is 0 Å². The molecule has 1 unspecified atom stereocenters. The average molecular weight is 206 g/mol. The highest BCUT2D eigenvalue weighted by atomic mass is 16.1. The van der Waals surface area contributed by atoms with Crippen molar-refractivity contribution in [2.75, 3.05) is 20.1 Å². The highest BCUT2D eigenvalue weighted by molar-refractivity contribution is 5.15. The van der Waals surface area contributed by atoms with Crippen molar-refractivity contribution >= 4 is 0 Å². The number of hydrogen-bond donors (Lipinski definition) is 1. The summed E-state index contributed by atoms with van der Waals surface area (Å²) in [7, 11) is 2.14. The fourth-order valence-electron chi connectivity index (χ4n) is 2.35. The van der Waals surface area contributed by atoms with Crippen LogP contribution in [0.25, 0.3) is 0 Å². The molecule has 0 aromatic carbocycles.